The Bertz CT molecular complexity index is 355. The average molecular weight is 221 g/mol. The number of esters is 1. The minimum atomic E-state index is -0.667. The SMILES string of the molecule is COC(=O)c1nc(N)cc(Cl)c1Cl. The molecule has 2 N–H and O–H groups in total. The molecule has 0 amide bonds. The van der Waals surface area contributed by atoms with Gasteiger partial charge < -0.3 is 10.5 Å². The lowest BCUT2D eigenvalue weighted by Crippen LogP contribution is -2.07. The van der Waals surface area contributed by atoms with Crippen molar-refractivity contribution in [1.82, 2.24) is 4.98 Å². The van der Waals surface area contributed by atoms with Gasteiger partial charge in [0.25, 0.3) is 0 Å². The molecule has 0 radical (unpaired) electrons. The van der Waals surface area contributed by atoms with Gasteiger partial charge in [0.05, 0.1) is 17.2 Å². The molecule has 4 nitrogen and oxygen atoms in total. The van der Waals surface area contributed by atoms with Crippen LogP contribution in [0.4, 0.5) is 5.82 Å². The molecule has 0 aliphatic carbocycles. The fourth-order valence-electron chi connectivity index (χ4n) is 0.749. The molecule has 0 saturated heterocycles. The lowest BCUT2D eigenvalue weighted by atomic mass is 10.3. The van der Waals surface area contributed by atoms with E-state index in [0.717, 1.165) is 0 Å². The predicted octanol–water partition coefficient (Wildman–Crippen LogP) is 1.76. The molecule has 0 spiro atoms. The van der Waals surface area contributed by atoms with Crippen molar-refractivity contribution in [3.05, 3.63) is 21.8 Å². The number of hydrogen-bond acceptors (Lipinski definition) is 4. The van der Waals surface area contributed by atoms with E-state index in [2.05, 4.69) is 9.72 Å². The number of nitrogens with two attached hydrogens (primary N) is 1. The number of halogens is 2. The Morgan fingerprint density at radius 3 is 2.77 bits per heavy atom. The zero-order chi connectivity index (χ0) is 10.0. The predicted molar refractivity (Wildman–Crippen MR) is 50.0 cm³/mol. The van der Waals surface area contributed by atoms with Gasteiger partial charge >= 0.3 is 5.97 Å². The van der Waals surface area contributed by atoms with Gasteiger partial charge in [-0.3, -0.25) is 0 Å². The minimum Gasteiger partial charge on any atom is -0.464 e. The third-order valence-corrected chi connectivity index (χ3v) is 2.09. The molecule has 13 heavy (non-hydrogen) atoms. The first kappa shape index (κ1) is 10.1. The minimum absolute atomic E-state index is 0.0442. The number of nitrogens with zero attached hydrogens (tertiary/aromatic N) is 1. The van der Waals surface area contributed by atoms with Crippen molar-refractivity contribution < 1.29 is 9.53 Å². The summed E-state index contributed by atoms with van der Waals surface area (Å²) in [5, 5.41) is 0.220. The zero-order valence-electron chi connectivity index (χ0n) is 6.67. The number of aromatic nitrogens is 1. The molecule has 1 rings (SSSR count). The molecule has 0 aliphatic heterocycles. The summed E-state index contributed by atoms with van der Waals surface area (Å²) in [4.78, 5) is 14.7. The molecule has 1 aromatic heterocycles. The molecular weight excluding hydrogens is 215 g/mol. The summed E-state index contributed by atoms with van der Waals surface area (Å²) in [5.74, 6) is -0.547. The van der Waals surface area contributed by atoms with Crippen molar-refractivity contribution >= 4 is 35.0 Å². The van der Waals surface area contributed by atoms with Gasteiger partial charge in [0.2, 0.25) is 0 Å². The van der Waals surface area contributed by atoms with Crippen LogP contribution in [0.25, 0.3) is 0 Å². The van der Waals surface area contributed by atoms with Crippen molar-refractivity contribution in [2.45, 2.75) is 0 Å². The number of ether oxygens (including phenoxy) is 1. The van der Waals surface area contributed by atoms with Crippen LogP contribution in [0, 0.1) is 0 Å². The number of carbonyl (C=O) groups is 1. The Hall–Kier alpha value is -1.00. The number of nitrogen functional groups attached to an aromatic ring is 1. The Labute approximate surface area is 84.6 Å². The summed E-state index contributed by atoms with van der Waals surface area (Å²) in [6.07, 6.45) is 0. The largest absolute Gasteiger partial charge is 0.464 e. The van der Waals surface area contributed by atoms with Gasteiger partial charge in [-0.25, -0.2) is 9.78 Å². The molecule has 70 valence electrons. The molecule has 0 unspecified atom stereocenters. The number of pyridine rings is 1. The topological polar surface area (TPSA) is 65.2 Å². The van der Waals surface area contributed by atoms with Crippen molar-refractivity contribution in [2.75, 3.05) is 12.8 Å². The van der Waals surface area contributed by atoms with E-state index in [1.54, 1.807) is 0 Å². The maximum atomic E-state index is 11.1. The van der Waals surface area contributed by atoms with E-state index in [4.69, 9.17) is 28.9 Å². The first-order valence-corrected chi connectivity index (χ1v) is 4.01. The van der Waals surface area contributed by atoms with E-state index in [-0.39, 0.29) is 21.6 Å². The molecule has 0 fully saturated rings. The molecule has 0 aromatic carbocycles. The Morgan fingerprint density at radius 1 is 1.62 bits per heavy atom. The smallest absolute Gasteiger partial charge is 0.358 e. The monoisotopic (exact) mass is 220 g/mol. The first-order chi connectivity index (χ1) is 6.06. The average Bonchev–Trinajstić information content (AvgIpc) is 2.10. The second-order valence-corrected chi connectivity index (χ2v) is 2.97. The van der Waals surface area contributed by atoms with Gasteiger partial charge in [-0.15, -0.1) is 0 Å². The van der Waals surface area contributed by atoms with E-state index in [1.807, 2.05) is 0 Å². The Morgan fingerprint density at radius 2 is 2.23 bits per heavy atom. The lowest BCUT2D eigenvalue weighted by Gasteiger charge is -2.03. The van der Waals surface area contributed by atoms with Crippen molar-refractivity contribution in [2.24, 2.45) is 0 Å². The molecule has 0 saturated carbocycles. The van der Waals surface area contributed by atoms with Crippen LogP contribution in [-0.2, 0) is 4.74 Å². The Kier molecular flexibility index (Phi) is 2.95. The van der Waals surface area contributed by atoms with Crippen molar-refractivity contribution in [3.8, 4) is 0 Å². The van der Waals surface area contributed by atoms with Gasteiger partial charge in [0.1, 0.15) is 5.82 Å². The van der Waals surface area contributed by atoms with E-state index in [1.165, 1.54) is 13.2 Å². The van der Waals surface area contributed by atoms with Gasteiger partial charge in [0.15, 0.2) is 5.69 Å². The summed E-state index contributed by atoms with van der Waals surface area (Å²) < 4.78 is 4.43. The Balaban J connectivity index is 3.28. The highest BCUT2D eigenvalue weighted by atomic mass is 35.5. The molecule has 1 heterocycles. The summed E-state index contributed by atoms with van der Waals surface area (Å²) in [6.45, 7) is 0. The zero-order valence-corrected chi connectivity index (χ0v) is 8.19. The molecular formula is C7H6Cl2N2O2. The number of methoxy groups -OCH3 is 1. The van der Waals surface area contributed by atoms with Crippen LogP contribution in [0.1, 0.15) is 10.5 Å². The summed E-state index contributed by atoms with van der Waals surface area (Å²) >= 11 is 11.3. The highest BCUT2D eigenvalue weighted by Gasteiger charge is 2.15. The normalized spacial score (nSPS) is 9.77. The van der Waals surface area contributed by atoms with Crippen LogP contribution < -0.4 is 5.73 Å². The van der Waals surface area contributed by atoms with Crippen LogP contribution in [0.2, 0.25) is 10.0 Å². The highest BCUT2D eigenvalue weighted by Crippen LogP contribution is 2.26. The van der Waals surface area contributed by atoms with E-state index in [9.17, 15) is 4.79 Å². The van der Waals surface area contributed by atoms with E-state index >= 15 is 0 Å². The maximum absolute atomic E-state index is 11.1. The summed E-state index contributed by atoms with van der Waals surface area (Å²) in [5.41, 5.74) is 5.28. The van der Waals surface area contributed by atoms with Crippen LogP contribution in [0.15, 0.2) is 6.07 Å². The quantitative estimate of drug-likeness (QED) is 0.733. The standard InChI is InChI=1S/C7H6Cl2N2O2/c1-13-7(12)6-5(9)3(8)2-4(10)11-6/h2H,1H3,(H2,10,11). The third-order valence-electron chi connectivity index (χ3n) is 1.31. The van der Waals surface area contributed by atoms with Crippen LogP contribution in [-0.4, -0.2) is 18.1 Å². The van der Waals surface area contributed by atoms with Gasteiger partial charge in [-0.1, -0.05) is 23.2 Å². The fraction of sp³-hybridized carbons (Fsp3) is 0.143. The summed E-state index contributed by atoms with van der Waals surface area (Å²) in [6, 6.07) is 1.36. The van der Waals surface area contributed by atoms with Crippen molar-refractivity contribution in [1.29, 1.82) is 0 Å². The number of rotatable bonds is 1. The molecule has 0 bridgehead atoms. The van der Waals surface area contributed by atoms with Gasteiger partial charge in [-0.2, -0.15) is 0 Å². The number of carbonyl (C=O) groups excluding carboxylic acids is 1. The van der Waals surface area contributed by atoms with E-state index < -0.39 is 5.97 Å². The molecule has 6 heteroatoms. The molecule has 1 aromatic rings. The third kappa shape index (κ3) is 2.02. The van der Waals surface area contributed by atoms with Crippen LogP contribution >= 0.6 is 23.2 Å². The first-order valence-electron chi connectivity index (χ1n) is 3.26. The number of anilines is 1. The van der Waals surface area contributed by atoms with Gasteiger partial charge in [0, 0.05) is 6.07 Å². The summed E-state index contributed by atoms with van der Waals surface area (Å²) in [7, 11) is 1.22. The van der Waals surface area contributed by atoms with Crippen LogP contribution in [0.3, 0.4) is 0 Å². The molecule has 0 aliphatic rings. The van der Waals surface area contributed by atoms with E-state index in [0.29, 0.717) is 0 Å². The highest BCUT2D eigenvalue weighted by molar-refractivity contribution is 6.43. The lowest BCUT2D eigenvalue weighted by molar-refractivity contribution is 0.0594. The number of hydrogen-bond donors (Lipinski definition) is 1. The second kappa shape index (κ2) is 3.81. The van der Waals surface area contributed by atoms with Gasteiger partial charge in [-0.05, 0) is 0 Å². The fourth-order valence-corrected chi connectivity index (χ4v) is 1.12. The maximum Gasteiger partial charge on any atom is 0.358 e. The van der Waals surface area contributed by atoms with Crippen molar-refractivity contribution in [3.63, 3.8) is 0 Å². The molecule has 0 atom stereocenters. The second-order valence-electron chi connectivity index (χ2n) is 2.18. The van der Waals surface area contributed by atoms with Crippen LogP contribution in [0.5, 0.6) is 0 Å².